The summed E-state index contributed by atoms with van der Waals surface area (Å²) >= 11 is 0. The van der Waals surface area contributed by atoms with Crippen LogP contribution in [0.3, 0.4) is 0 Å². The van der Waals surface area contributed by atoms with Crippen molar-refractivity contribution in [2.24, 2.45) is 0 Å². The molecule has 31 heavy (non-hydrogen) atoms. The summed E-state index contributed by atoms with van der Waals surface area (Å²) in [4.78, 5) is 25.5. The number of aliphatic hydroxyl groups excluding tert-OH is 1. The lowest BCUT2D eigenvalue weighted by Crippen LogP contribution is -2.56. The van der Waals surface area contributed by atoms with Gasteiger partial charge in [-0.1, -0.05) is 60.4 Å². The Balaban J connectivity index is 1.89. The van der Waals surface area contributed by atoms with E-state index < -0.39 is 139 Å². The van der Waals surface area contributed by atoms with Gasteiger partial charge in [0.05, 0.1) is 25.8 Å². The van der Waals surface area contributed by atoms with Crippen molar-refractivity contribution < 1.29 is 52.8 Å². The van der Waals surface area contributed by atoms with E-state index in [1.807, 2.05) is 0 Å². The maximum absolute atomic E-state index is 12.8. The smallest absolute Gasteiger partial charge is 0.331 e. The normalized spacial score (nSPS) is 31.3. The zero-order valence-electron chi connectivity index (χ0n) is 29.9. The largest absolute Gasteiger partial charge is 0.454 e. The second-order valence-electron chi connectivity index (χ2n) is 5.74. The van der Waals surface area contributed by atoms with Crippen molar-refractivity contribution in [1.82, 2.24) is 0 Å². The predicted molar refractivity (Wildman–Crippen MR) is 113 cm³/mol. The number of carbonyl (C=O) groups excluding carboxylic acids is 2. The van der Waals surface area contributed by atoms with Gasteiger partial charge in [0.25, 0.3) is 0 Å². The van der Waals surface area contributed by atoms with Crippen LogP contribution in [0.4, 0.5) is 0 Å². The minimum atomic E-state index is -1.97. The Hall–Kier alpha value is -3.26. The Kier molecular flexibility index (Phi) is 3.75. The van der Waals surface area contributed by atoms with Gasteiger partial charge in [0, 0.05) is 19.2 Å². The van der Waals surface area contributed by atoms with Crippen LogP contribution in [0.25, 0.3) is 12.1 Å². The lowest BCUT2D eigenvalue weighted by molar-refractivity contribution is -0.269. The van der Waals surface area contributed by atoms with Gasteiger partial charge in [-0.25, -0.2) is 9.59 Å². The SMILES string of the molecule is [2H]/C(C(=O)O[C@H]1[C@H](OC)OC[C@@H](OC(=O)/C([2H])=C(\[2H])c2c([2H])c([2H])c([2H])c([2H])c2[2H])[C@@H]1O)=C(/[2H])c1c([2H])c([2H])c([2H])c([2H])c1[2H]. The third-order valence-electron chi connectivity index (χ3n) is 3.72. The lowest BCUT2D eigenvalue weighted by atomic mass is 10.0. The quantitative estimate of drug-likeness (QED) is 0.525. The molecule has 0 radical (unpaired) electrons. The van der Waals surface area contributed by atoms with Crippen molar-refractivity contribution in [3.63, 3.8) is 0 Å². The fraction of sp³-hybridized carbons (Fsp3) is 0.250. The second-order valence-corrected chi connectivity index (χ2v) is 5.74. The van der Waals surface area contributed by atoms with Gasteiger partial charge in [0.2, 0.25) is 0 Å². The average Bonchev–Trinajstić information content (AvgIpc) is 3.01. The number of rotatable bonds is 7. The van der Waals surface area contributed by atoms with E-state index in [0.717, 1.165) is 7.11 Å². The van der Waals surface area contributed by atoms with Gasteiger partial charge in [0.1, 0.15) is 6.10 Å². The molecule has 1 heterocycles. The van der Waals surface area contributed by atoms with Gasteiger partial charge in [-0.2, -0.15) is 0 Å². The molecule has 0 saturated carbocycles. The summed E-state index contributed by atoms with van der Waals surface area (Å²) in [5, 5.41) is 10.9. The molecule has 0 aromatic heterocycles. The number of methoxy groups -OCH3 is 1. The number of esters is 2. The predicted octanol–water partition coefficient (Wildman–Crippen LogP) is 2.60. The Labute approximate surface area is 200 Å². The first-order chi connectivity index (χ1) is 20.9. The van der Waals surface area contributed by atoms with E-state index in [-0.39, 0.29) is 0 Å². The molecule has 2 aromatic carbocycles. The molecule has 1 aliphatic heterocycles. The highest BCUT2D eigenvalue weighted by molar-refractivity contribution is 5.87. The van der Waals surface area contributed by atoms with Crippen LogP contribution >= 0.6 is 0 Å². The van der Waals surface area contributed by atoms with Crippen molar-refractivity contribution >= 4 is 24.0 Å². The lowest BCUT2D eigenvalue weighted by Gasteiger charge is -2.37. The van der Waals surface area contributed by atoms with Gasteiger partial charge in [-0.3, -0.25) is 0 Å². The van der Waals surface area contributed by atoms with Crippen LogP contribution in [-0.4, -0.2) is 55.4 Å². The molecule has 0 amide bonds. The fourth-order valence-corrected chi connectivity index (χ4v) is 2.36. The molecule has 1 fully saturated rings. The van der Waals surface area contributed by atoms with Crippen LogP contribution in [0.1, 0.15) is 30.3 Å². The molecular weight excluding hydrogens is 400 g/mol. The number of hydrogen-bond acceptors (Lipinski definition) is 7. The van der Waals surface area contributed by atoms with Gasteiger partial charge in [-0.15, -0.1) is 0 Å². The van der Waals surface area contributed by atoms with Crippen LogP contribution in [0, 0.1) is 0 Å². The molecule has 162 valence electrons. The van der Waals surface area contributed by atoms with E-state index in [1.165, 1.54) is 0 Å². The van der Waals surface area contributed by atoms with Crippen LogP contribution in [-0.2, 0) is 28.5 Å². The Morgan fingerprint density at radius 2 is 1.52 bits per heavy atom. The maximum Gasteiger partial charge on any atom is 0.331 e. The minimum absolute atomic E-state index is 0.607. The second kappa shape index (κ2) is 11.2. The molecule has 2 aromatic rings. The van der Waals surface area contributed by atoms with Crippen LogP contribution in [0.5, 0.6) is 0 Å². The van der Waals surface area contributed by atoms with Crippen molar-refractivity contribution in [3.8, 4) is 0 Å². The van der Waals surface area contributed by atoms with E-state index in [4.69, 9.17) is 38.1 Å². The summed E-state index contributed by atoms with van der Waals surface area (Å²) in [5.41, 5.74) is -1.52. The van der Waals surface area contributed by atoms with E-state index >= 15 is 0 Å². The zero-order valence-corrected chi connectivity index (χ0v) is 15.9. The highest BCUT2D eigenvalue weighted by atomic mass is 16.7. The molecule has 0 aliphatic carbocycles. The summed E-state index contributed by atoms with van der Waals surface area (Å²) in [6.45, 7) is -0.607. The molecule has 4 atom stereocenters. The van der Waals surface area contributed by atoms with Crippen molar-refractivity contribution in [1.29, 1.82) is 0 Å². The molecule has 1 saturated heterocycles. The topological polar surface area (TPSA) is 91.3 Å². The molecular formula is C24H24O7. The zero-order chi connectivity index (χ0) is 34.2. The van der Waals surface area contributed by atoms with Crippen LogP contribution in [0.2, 0.25) is 0 Å². The molecule has 0 bridgehead atoms. The highest BCUT2D eigenvalue weighted by Crippen LogP contribution is 2.22. The van der Waals surface area contributed by atoms with E-state index in [0.29, 0.717) is 0 Å². The first kappa shape index (κ1) is 10.4. The molecule has 0 unspecified atom stereocenters. The summed E-state index contributed by atoms with van der Waals surface area (Å²) in [7, 11) is 1.09. The molecule has 1 aliphatic rings. The Bertz CT molecular complexity index is 1570. The number of hydrogen-bond donors (Lipinski definition) is 1. The maximum atomic E-state index is 12.8. The van der Waals surface area contributed by atoms with E-state index in [1.54, 1.807) is 0 Å². The summed E-state index contributed by atoms with van der Waals surface area (Å²) < 4.78 is 131. The first-order valence-corrected chi connectivity index (χ1v) is 8.62. The van der Waals surface area contributed by atoms with Crippen molar-refractivity contribution in [2.45, 2.75) is 24.6 Å². The summed E-state index contributed by atoms with van der Waals surface area (Å²) in [6.07, 6.45) is -7.05. The van der Waals surface area contributed by atoms with Crippen molar-refractivity contribution in [2.75, 3.05) is 13.7 Å². The van der Waals surface area contributed by atoms with E-state index in [9.17, 15) is 14.7 Å². The van der Waals surface area contributed by atoms with Crippen LogP contribution in [0.15, 0.2) is 72.5 Å². The molecule has 7 nitrogen and oxygen atoms in total. The van der Waals surface area contributed by atoms with Gasteiger partial charge in [0.15, 0.2) is 18.5 Å². The fourth-order valence-electron chi connectivity index (χ4n) is 2.36. The van der Waals surface area contributed by atoms with Crippen LogP contribution < -0.4 is 0 Å². The average molecular weight is 439 g/mol. The first-order valence-electron chi connectivity index (χ1n) is 15.6. The van der Waals surface area contributed by atoms with E-state index in [2.05, 4.69) is 0 Å². The molecule has 3 rings (SSSR count). The Morgan fingerprint density at radius 3 is 2.03 bits per heavy atom. The molecule has 1 N–H and O–H groups in total. The third-order valence-corrected chi connectivity index (χ3v) is 3.72. The summed E-state index contributed by atoms with van der Waals surface area (Å²) in [5.74, 6) is -3.21. The van der Waals surface area contributed by atoms with Gasteiger partial charge >= 0.3 is 11.9 Å². The molecule has 0 spiro atoms. The number of carbonyl (C=O) groups is 2. The Morgan fingerprint density at radius 1 is 1.00 bits per heavy atom. The number of aliphatic hydroxyl groups is 1. The number of ether oxygens (including phenoxy) is 4. The standard InChI is InChI=1S/C24H24O7/c1-28-24-23(31-21(26)15-13-18-10-6-3-7-11-18)22(27)19(16-29-24)30-20(25)14-12-17-8-4-2-5-9-17/h2-15,19,22-24,27H,16H2,1H3/b14-12+,15-13+/t19-,22+,23-,24-/m1/s1/i2D,3D,4D,5D,6D,7D,8D,9D,10D,11D,12D,13D,14D,15D. The highest BCUT2D eigenvalue weighted by Gasteiger charge is 2.44. The summed E-state index contributed by atoms with van der Waals surface area (Å²) in [6, 6.07) is -12.9. The van der Waals surface area contributed by atoms with Gasteiger partial charge in [-0.05, 0) is 23.2 Å². The van der Waals surface area contributed by atoms with Crippen molar-refractivity contribution in [3.05, 3.63) is 83.7 Å². The minimum Gasteiger partial charge on any atom is -0.454 e. The molecule has 7 heteroatoms. The van der Waals surface area contributed by atoms with Gasteiger partial charge < -0.3 is 24.1 Å². The monoisotopic (exact) mass is 438 g/mol. The third kappa shape index (κ3) is 6.62. The number of benzene rings is 2.